The fraction of sp³-hybridized carbons (Fsp3) is 0.167. The zero-order valence-electron chi connectivity index (χ0n) is 13.6. The Labute approximate surface area is 143 Å². The predicted octanol–water partition coefficient (Wildman–Crippen LogP) is 2.21. The molecule has 0 saturated heterocycles. The molecule has 0 bridgehead atoms. The molecule has 25 heavy (non-hydrogen) atoms. The number of H-pyrrole nitrogens is 2. The third kappa shape index (κ3) is 3.95. The lowest BCUT2D eigenvalue weighted by atomic mass is 10.1. The van der Waals surface area contributed by atoms with Crippen molar-refractivity contribution in [2.75, 3.05) is 11.9 Å². The molecule has 1 heterocycles. The second-order valence-electron chi connectivity index (χ2n) is 5.51. The first-order valence-electron chi connectivity index (χ1n) is 7.83. The first-order chi connectivity index (χ1) is 12.0. The van der Waals surface area contributed by atoms with Gasteiger partial charge < -0.3 is 20.0 Å². The van der Waals surface area contributed by atoms with Gasteiger partial charge in [-0.2, -0.15) is 0 Å². The minimum atomic E-state index is -0.553. The maximum absolute atomic E-state index is 11.9. The average Bonchev–Trinajstić information content (AvgIpc) is 2.99. The van der Waals surface area contributed by atoms with Crippen LogP contribution >= 0.6 is 0 Å². The van der Waals surface area contributed by atoms with Crippen LogP contribution in [0, 0.1) is 0 Å². The van der Waals surface area contributed by atoms with Crippen LogP contribution in [0.5, 0.6) is 0 Å². The smallest absolute Gasteiger partial charge is 0.338 e. The summed E-state index contributed by atoms with van der Waals surface area (Å²) in [5, 5.41) is 2.62. The maximum Gasteiger partial charge on any atom is 0.338 e. The number of hydrogen-bond donors (Lipinski definition) is 3. The number of esters is 1. The summed E-state index contributed by atoms with van der Waals surface area (Å²) in [5.41, 5.74) is 2.92. The SMILES string of the molecule is CCc1ccc(C(=O)OCC(=O)Nc2ccc3[nH]c(=O)[nH]c3c2)cc1. The molecule has 0 saturated carbocycles. The molecule has 7 nitrogen and oxygen atoms in total. The number of fused-ring (bicyclic) bond motifs is 1. The quantitative estimate of drug-likeness (QED) is 0.620. The summed E-state index contributed by atoms with van der Waals surface area (Å²) in [6.07, 6.45) is 0.883. The zero-order valence-corrected chi connectivity index (χ0v) is 13.6. The summed E-state index contributed by atoms with van der Waals surface area (Å²) in [4.78, 5) is 40.3. The highest BCUT2D eigenvalue weighted by Gasteiger charge is 2.11. The normalized spacial score (nSPS) is 10.6. The molecule has 3 rings (SSSR count). The van der Waals surface area contributed by atoms with Gasteiger partial charge in [-0.05, 0) is 42.3 Å². The number of rotatable bonds is 5. The van der Waals surface area contributed by atoms with Crippen molar-refractivity contribution in [1.82, 2.24) is 9.97 Å². The third-order valence-electron chi connectivity index (χ3n) is 3.73. The number of aryl methyl sites for hydroxylation is 1. The van der Waals surface area contributed by atoms with E-state index in [-0.39, 0.29) is 5.69 Å². The second kappa shape index (κ2) is 7.04. The number of aromatic nitrogens is 2. The molecule has 1 amide bonds. The van der Waals surface area contributed by atoms with Crippen molar-refractivity contribution >= 4 is 28.6 Å². The van der Waals surface area contributed by atoms with Crippen LogP contribution in [0.15, 0.2) is 47.3 Å². The number of imidazole rings is 1. The topological polar surface area (TPSA) is 104 Å². The van der Waals surface area contributed by atoms with Gasteiger partial charge >= 0.3 is 11.7 Å². The Morgan fingerprint density at radius 1 is 1.04 bits per heavy atom. The molecule has 0 spiro atoms. The van der Waals surface area contributed by atoms with Crippen LogP contribution in [-0.2, 0) is 16.0 Å². The minimum Gasteiger partial charge on any atom is -0.452 e. The van der Waals surface area contributed by atoms with Crippen LogP contribution in [0.25, 0.3) is 11.0 Å². The Kier molecular flexibility index (Phi) is 4.65. The summed E-state index contributed by atoms with van der Waals surface area (Å²) in [6, 6.07) is 12.0. The van der Waals surface area contributed by atoms with E-state index < -0.39 is 18.5 Å². The van der Waals surface area contributed by atoms with E-state index in [1.807, 2.05) is 19.1 Å². The van der Waals surface area contributed by atoms with E-state index in [9.17, 15) is 14.4 Å². The van der Waals surface area contributed by atoms with Gasteiger partial charge in [-0.1, -0.05) is 19.1 Å². The van der Waals surface area contributed by atoms with E-state index in [0.29, 0.717) is 22.3 Å². The lowest BCUT2D eigenvalue weighted by molar-refractivity contribution is -0.119. The molecule has 3 N–H and O–H groups in total. The molecule has 0 radical (unpaired) electrons. The fourth-order valence-electron chi connectivity index (χ4n) is 2.40. The molecule has 0 aliphatic rings. The summed E-state index contributed by atoms with van der Waals surface area (Å²) < 4.78 is 5.01. The Morgan fingerprint density at radius 2 is 1.76 bits per heavy atom. The highest BCUT2D eigenvalue weighted by atomic mass is 16.5. The average molecular weight is 339 g/mol. The number of carbonyl (C=O) groups excluding carboxylic acids is 2. The molecule has 0 aliphatic carbocycles. The minimum absolute atomic E-state index is 0.318. The molecular weight excluding hydrogens is 322 g/mol. The molecule has 3 aromatic rings. The van der Waals surface area contributed by atoms with Crippen LogP contribution in [0.2, 0.25) is 0 Å². The molecule has 0 aliphatic heterocycles. The number of amides is 1. The van der Waals surface area contributed by atoms with Crippen molar-refractivity contribution in [3.8, 4) is 0 Å². The summed E-state index contributed by atoms with van der Waals surface area (Å²) in [5.74, 6) is -1.01. The number of nitrogens with one attached hydrogen (secondary N) is 3. The van der Waals surface area contributed by atoms with Gasteiger partial charge in [-0.25, -0.2) is 9.59 Å². The first-order valence-corrected chi connectivity index (χ1v) is 7.83. The van der Waals surface area contributed by atoms with Crippen LogP contribution in [0.4, 0.5) is 5.69 Å². The van der Waals surface area contributed by atoms with Crippen molar-refractivity contribution in [3.63, 3.8) is 0 Å². The first kappa shape index (κ1) is 16.5. The van der Waals surface area contributed by atoms with Gasteiger partial charge in [0.1, 0.15) is 0 Å². The van der Waals surface area contributed by atoms with E-state index in [4.69, 9.17) is 4.74 Å². The van der Waals surface area contributed by atoms with Crippen molar-refractivity contribution in [3.05, 3.63) is 64.1 Å². The van der Waals surface area contributed by atoms with E-state index >= 15 is 0 Å². The third-order valence-corrected chi connectivity index (χ3v) is 3.73. The number of aromatic amines is 2. The van der Waals surface area contributed by atoms with Crippen LogP contribution in [0.1, 0.15) is 22.8 Å². The Morgan fingerprint density at radius 3 is 2.48 bits per heavy atom. The highest BCUT2D eigenvalue weighted by molar-refractivity contribution is 5.96. The molecule has 2 aromatic carbocycles. The summed E-state index contributed by atoms with van der Waals surface area (Å²) in [7, 11) is 0. The monoisotopic (exact) mass is 339 g/mol. The van der Waals surface area contributed by atoms with Crippen molar-refractivity contribution in [2.24, 2.45) is 0 Å². The predicted molar refractivity (Wildman–Crippen MR) is 93.7 cm³/mol. The van der Waals surface area contributed by atoms with Crippen LogP contribution in [-0.4, -0.2) is 28.5 Å². The van der Waals surface area contributed by atoms with E-state index in [2.05, 4.69) is 15.3 Å². The highest BCUT2D eigenvalue weighted by Crippen LogP contribution is 2.14. The fourth-order valence-corrected chi connectivity index (χ4v) is 2.40. The maximum atomic E-state index is 11.9. The van der Waals surface area contributed by atoms with Crippen molar-refractivity contribution in [2.45, 2.75) is 13.3 Å². The van der Waals surface area contributed by atoms with Gasteiger partial charge in [-0.15, -0.1) is 0 Å². The molecule has 128 valence electrons. The number of ether oxygens (including phenoxy) is 1. The van der Waals surface area contributed by atoms with Crippen molar-refractivity contribution in [1.29, 1.82) is 0 Å². The Bertz CT molecular complexity index is 970. The van der Waals surface area contributed by atoms with E-state index in [1.54, 1.807) is 30.3 Å². The molecule has 0 unspecified atom stereocenters. The molecule has 0 atom stereocenters. The Hall–Kier alpha value is -3.35. The van der Waals surface area contributed by atoms with Crippen LogP contribution < -0.4 is 11.0 Å². The Balaban J connectivity index is 1.57. The summed E-state index contributed by atoms with van der Waals surface area (Å²) in [6.45, 7) is 1.63. The van der Waals surface area contributed by atoms with Gasteiger partial charge in [-0.3, -0.25) is 4.79 Å². The standard InChI is InChI=1S/C18H17N3O4/c1-2-11-3-5-12(6-4-11)17(23)25-10-16(22)19-13-7-8-14-15(9-13)21-18(24)20-14/h3-9H,2,10H2,1H3,(H,19,22)(H2,20,21,24). The lowest BCUT2D eigenvalue weighted by Crippen LogP contribution is -2.20. The van der Waals surface area contributed by atoms with E-state index in [1.165, 1.54) is 0 Å². The van der Waals surface area contributed by atoms with Gasteiger partial charge in [0.05, 0.1) is 16.6 Å². The molecule has 1 aromatic heterocycles. The molecule has 0 fully saturated rings. The molecular formula is C18H17N3O4. The van der Waals surface area contributed by atoms with Crippen molar-refractivity contribution < 1.29 is 14.3 Å². The number of hydrogen-bond acceptors (Lipinski definition) is 4. The lowest BCUT2D eigenvalue weighted by Gasteiger charge is -2.07. The van der Waals surface area contributed by atoms with Crippen LogP contribution in [0.3, 0.4) is 0 Å². The van der Waals surface area contributed by atoms with Gasteiger partial charge in [0.25, 0.3) is 5.91 Å². The van der Waals surface area contributed by atoms with Gasteiger partial charge in [0, 0.05) is 5.69 Å². The largest absolute Gasteiger partial charge is 0.452 e. The number of benzene rings is 2. The van der Waals surface area contributed by atoms with Gasteiger partial charge in [0.2, 0.25) is 0 Å². The van der Waals surface area contributed by atoms with E-state index in [0.717, 1.165) is 12.0 Å². The number of carbonyl (C=O) groups is 2. The number of anilines is 1. The summed E-state index contributed by atoms with van der Waals surface area (Å²) >= 11 is 0. The zero-order chi connectivity index (χ0) is 17.8. The molecule has 7 heteroatoms. The van der Waals surface area contributed by atoms with Gasteiger partial charge in [0.15, 0.2) is 6.61 Å². The second-order valence-corrected chi connectivity index (χ2v) is 5.51.